The van der Waals surface area contributed by atoms with Crippen LogP contribution in [-0.4, -0.2) is 74.1 Å². The van der Waals surface area contributed by atoms with Gasteiger partial charge in [0, 0.05) is 48.1 Å². The van der Waals surface area contributed by atoms with Gasteiger partial charge in [-0.05, 0) is 36.6 Å². The molecule has 0 radical (unpaired) electrons. The first-order valence-corrected chi connectivity index (χ1v) is 13.4. The van der Waals surface area contributed by atoms with Crippen molar-refractivity contribution >= 4 is 58.5 Å². The molecular weight excluding hydrogens is 512 g/mol. The van der Waals surface area contributed by atoms with Gasteiger partial charge in [0.1, 0.15) is 5.01 Å². The fourth-order valence-electron chi connectivity index (χ4n) is 4.54. The quantitative estimate of drug-likeness (QED) is 0.421. The van der Waals surface area contributed by atoms with Crippen molar-refractivity contribution in [2.45, 2.75) is 28.9 Å². The van der Waals surface area contributed by atoms with Gasteiger partial charge in [-0.25, -0.2) is 14.6 Å². The van der Waals surface area contributed by atoms with Gasteiger partial charge in [-0.2, -0.15) is 0 Å². The zero-order valence-corrected chi connectivity index (χ0v) is 21.9. The summed E-state index contributed by atoms with van der Waals surface area (Å²) in [4.78, 5) is 44.5. The number of thiazole rings is 1. The topological polar surface area (TPSA) is 101 Å². The molecule has 1 aromatic heterocycles. The Morgan fingerprint density at radius 1 is 1.26 bits per heavy atom. The molecular formula is C23H27ClN4O5S2. The van der Waals surface area contributed by atoms with Gasteiger partial charge < -0.3 is 24.6 Å². The summed E-state index contributed by atoms with van der Waals surface area (Å²) in [5, 5.41) is 4.01. The minimum Gasteiger partial charge on any atom is -0.453 e. The number of amides is 3. The largest absolute Gasteiger partial charge is 0.453 e. The average molecular weight is 539 g/mol. The van der Waals surface area contributed by atoms with E-state index in [1.807, 2.05) is 12.1 Å². The number of anilines is 1. The van der Waals surface area contributed by atoms with Gasteiger partial charge in [0.05, 0.1) is 31.0 Å². The fraction of sp³-hybridized carbons (Fsp3) is 0.478. The van der Waals surface area contributed by atoms with E-state index in [0.29, 0.717) is 31.2 Å². The van der Waals surface area contributed by atoms with Crippen LogP contribution in [0.4, 0.5) is 15.3 Å². The van der Waals surface area contributed by atoms with Crippen LogP contribution >= 0.6 is 34.7 Å². The molecule has 2 aliphatic rings. The van der Waals surface area contributed by atoms with Gasteiger partial charge in [-0.1, -0.05) is 11.6 Å². The molecule has 3 amide bonds. The van der Waals surface area contributed by atoms with E-state index < -0.39 is 6.09 Å². The predicted molar refractivity (Wildman–Crippen MR) is 136 cm³/mol. The monoisotopic (exact) mass is 538 g/mol. The van der Waals surface area contributed by atoms with Crippen LogP contribution in [0.3, 0.4) is 0 Å². The average Bonchev–Trinajstić information content (AvgIpc) is 3.56. The number of carbonyl (C=O) groups is 3. The Morgan fingerprint density at radius 2 is 2.09 bits per heavy atom. The molecule has 12 heteroatoms. The molecule has 1 spiro atoms. The lowest BCUT2D eigenvalue weighted by Gasteiger charge is -2.25. The van der Waals surface area contributed by atoms with Crippen LogP contribution in [0.5, 0.6) is 0 Å². The number of alkyl carbamates (subject to hydrolysis) is 1. The number of ether oxygens (including phenoxy) is 2. The molecule has 1 aromatic carbocycles. The molecule has 35 heavy (non-hydrogen) atoms. The number of hydrogen-bond donors (Lipinski definition) is 1. The highest BCUT2D eigenvalue weighted by Gasteiger charge is 2.50. The number of carbonyl (C=O) groups excluding carboxylic acids is 3. The summed E-state index contributed by atoms with van der Waals surface area (Å²) in [5.74, 6) is 0.786. The third kappa shape index (κ3) is 5.68. The number of likely N-dealkylation sites (tertiary alicyclic amines) is 1. The van der Waals surface area contributed by atoms with Crippen LogP contribution in [0.25, 0.3) is 0 Å². The van der Waals surface area contributed by atoms with E-state index in [1.54, 1.807) is 33.8 Å². The third-order valence-electron chi connectivity index (χ3n) is 6.22. The Hall–Kier alpha value is -2.50. The number of fused-ring (bicyclic) bond motifs is 2. The Bertz CT molecular complexity index is 1110. The molecule has 1 unspecified atom stereocenters. The standard InChI is InChI=1S/C23H27ClN4O5S2/c1-32-21(30)25-7-3-9-34-20-12-26-18(35-20)11-19(29)28-14-23(6-8-27(13-23)22(31)33-2)16-10-15(24)4-5-17(16)28/h4-5,10,12H,3,6-9,11,13-14H2,1-2H3,(H,25,30). The van der Waals surface area contributed by atoms with Gasteiger partial charge in [0.15, 0.2) is 0 Å². The van der Waals surface area contributed by atoms with Crippen molar-refractivity contribution in [3.8, 4) is 0 Å². The van der Waals surface area contributed by atoms with Crippen molar-refractivity contribution in [2.75, 3.05) is 51.1 Å². The first-order valence-electron chi connectivity index (χ1n) is 11.2. The van der Waals surface area contributed by atoms with E-state index in [9.17, 15) is 14.4 Å². The number of rotatable bonds is 7. The normalized spacial score (nSPS) is 18.6. The molecule has 188 valence electrons. The number of methoxy groups -OCH3 is 2. The van der Waals surface area contributed by atoms with Crippen LogP contribution in [0, 0.1) is 0 Å². The zero-order chi connectivity index (χ0) is 25.0. The zero-order valence-electron chi connectivity index (χ0n) is 19.5. The summed E-state index contributed by atoms with van der Waals surface area (Å²) in [5.41, 5.74) is 1.49. The number of benzene rings is 1. The maximum atomic E-state index is 13.4. The molecule has 0 aliphatic carbocycles. The minimum atomic E-state index is -0.434. The van der Waals surface area contributed by atoms with Gasteiger partial charge in [0.2, 0.25) is 5.91 Å². The van der Waals surface area contributed by atoms with Gasteiger partial charge in [0.25, 0.3) is 0 Å². The first-order chi connectivity index (χ1) is 16.8. The van der Waals surface area contributed by atoms with Crippen molar-refractivity contribution in [1.29, 1.82) is 0 Å². The number of aromatic nitrogens is 1. The molecule has 2 aromatic rings. The SMILES string of the molecule is COC(=O)NCCCSc1cnc(CC(=O)N2CC3(CCN(C(=O)OC)C3)c3cc(Cl)ccc32)s1. The molecule has 3 heterocycles. The van der Waals surface area contributed by atoms with E-state index in [2.05, 4.69) is 15.0 Å². The second kappa shape index (κ2) is 11.0. The van der Waals surface area contributed by atoms with Crippen molar-refractivity contribution in [2.24, 2.45) is 0 Å². The van der Waals surface area contributed by atoms with Crippen LogP contribution in [-0.2, 0) is 26.1 Å². The molecule has 9 nitrogen and oxygen atoms in total. The van der Waals surface area contributed by atoms with Gasteiger partial charge in [-0.3, -0.25) is 4.79 Å². The number of nitrogens with one attached hydrogen (secondary N) is 1. The highest BCUT2D eigenvalue weighted by atomic mass is 35.5. The maximum Gasteiger partial charge on any atom is 0.409 e. The van der Waals surface area contributed by atoms with Crippen LogP contribution in [0.1, 0.15) is 23.4 Å². The molecule has 1 fully saturated rings. The van der Waals surface area contributed by atoms with Crippen molar-refractivity contribution < 1.29 is 23.9 Å². The summed E-state index contributed by atoms with van der Waals surface area (Å²) in [6.45, 7) is 2.09. The summed E-state index contributed by atoms with van der Waals surface area (Å²) in [6, 6.07) is 5.59. The molecule has 2 aliphatic heterocycles. The Labute approximate surface area is 217 Å². The minimum absolute atomic E-state index is 0.0323. The van der Waals surface area contributed by atoms with E-state index >= 15 is 0 Å². The van der Waals surface area contributed by atoms with E-state index in [-0.39, 0.29) is 23.8 Å². The fourth-order valence-corrected chi connectivity index (χ4v) is 6.75. The Morgan fingerprint density at radius 3 is 2.86 bits per heavy atom. The summed E-state index contributed by atoms with van der Waals surface area (Å²) in [7, 11) is 2.72. The second-order valence-corrected chi connectivity index (χ2v) is 11.4. The van der Waals surface area contributed by atoms with Gasteiger partial charge in [-0.15, -0.1) is 23.1 Å². The molecule has 0 saturated carbocycles. The number of nitrogens with zero attached hydrogens (tertiary/aromatic N) is 3. The number of halogens is 1. The molecule has 1 saturated heterocycles. The predicted octanol–water partition coefficient (Wildman–Crippen LogP) is 3.93. The smallest absolute Gasteiger partial charge is 0.409 e. The number of hydrogen-bond acceptors (Lipinski definition) is 8. The lowest BCUT2D eigenvalue weighted by atomic mass is 9.81. The van der Waals surface area contributed by atoms with Crippen molar-refractivity contribution in [3.63, 3.8) is 0 Å². The molecule has 0 bridgehead atoms. The van der Waals surface area contributed by atoms with Crippen LogP contribution in [0.2, 0.25) is 5.02 Å². The Kier molecular flexibility index (Phi) is 8.08. The maximum absolute atomic E-state index is 13.4. The lowest BCUT2D eigenvalue weighted by molar-refractivity contribution is -0.118. The second-order valence-electron chi connectivity index (χ2n) is 8.43. The summed E-state index contributed by atoms with van der Waals surface area (Å²) in [6.07, 6.45) is 2.73. The van der Waals surface area contributed by atoms with Crippen molar-refractivity contribution in [1.82, 2.24) is 15.2 Å². The summed E-state index contributed by atoms with van der Waals surface area (Å²) < 4.78 is 10.5. The van der Waals surface area contributed by atoms with Crippen molar-refractivity contribution in [3.05, 3.63) is 40.0 Å². The lowest BCUT2D eigenvalue weighted by Crippen LogP contribution is -2.40. The van der Waals surface area contributed by atoms with Crippen LogP contribution in [0.15, 0.2) is 28.6 Å². The Balaban J connectivity index is 1.39. The summed E-state index contributed by atoms with van der Waals surface area (Å²) >= 11 is 9.46. The highest BCUT2D eigenvalue weighted by molar-refractivity contribution is 8.01. The van der Waals surface area contributed by atoms with E-state index in [0.717, 1.165) is 39.1 Å². The van der Waals surface area contributed by atoms with Gasteiger partial charge >= 0.3 is 12.2 Å². The highest BCUT2D eigenvalue weighted by Crippen LogP contribution is 2.47. The van der Waals surface area contributed by atoms with Crippen LogP contribution < -0.4 is 10.2 Å². The number of thioether (sulfide) groups is 1. The van der Waals surface area contributed by atoms with E-state index in [4.69, 9.17) is 16.3 Å². The molecule has 1 atom stereocenters. The molecule has 4 rings (SSSR count). The first kappa shape index (κ1) is 25.6. The molecule has 1 N–H and O–H groups in total. The third-order valence-corrected chi connectivity index (χ3v) is 8.74. The van der Waals surface area contributed by atoms with E-state index in [1.165, 1.54) is 25.6 Å².